The smallest absolute Gasteiger partial charge is 0.141 e. The van der Waals surface area contributed by atoms with Gasteiger partial charge in [-0.15, -0.1) is 11.3 Å². The number of thiazole rings is 1. The highest BCUT2D eigenvalue weighted by Crippen LogP contribution is 2.26. The third-order valence-electron chi connectivity index (χ3n) is 2.87. The van der Waals surface area contributed by atoms with Gasteiger partial charge in [0, 0.05) is 18.0 Å². The van der Waals surface area contributed by atoms with Crippen molar-refractivity contribution in [1.82, 2.24) is 19.9 Å². The molecule has 0 radical (unpaired) electrons. The second-order valence-electron chi connectivity index (χ2n) is 4.33. The number of aryl methyl sites for hydroxylation is 1. The van der Waals surface area contributed by atoms with Gasteiger partial charge in [0.2, 0.25) is 0 Å². The Morgan fingerprint density at radius 3 is 3.00 bits per heavy atom. The third-order valence-corrected chi connectivity index (χ3v) is 3.75. The van der Waals surface area contributed by atoms with Crippen molar-refractivity contribution in [3.8, 4) is 10.7 Å². The summed E-state index contributed by atoms with van der Waals surface area (Å²) in [5, 5.41) is 6.57. The summed E-state index contributed by atoms with van der Waals surface area (Å²) in [6.07, 6.45) is 4.89. The molecule has 4 nitrogen and oxygen atoms in total. The van der Waals surface area contributed by atoms with Crippen molar-refractivity contribution in [1.29, 1.82) is 0 Å². The van der Waals surface area contributed by atoms with Crippen LogP contribution in [0.25, 0.3) is 10.7 Å². The van der Waals surface area contributed by atoms with Crippen LogP contribution in [-0.4, -0.2) is 21.1 Å². The van der Waals surface area contributed by atoms with Crippen LogP contribution in [0.1, 0.15) is 38.9 Å². The molecule has 0 fully saturated rings. The summed E-state index contributed by atoms with van der Waals surface area (Å²) in [5.74, 6) is 0. The van der Waals surface area contributed by atoms with Crippen LogP contribution in [-0.2, 0) is 6.54 Å². The predicted molar refractivity (Wildman–Crippen MR) is 75.7 cm³/mol. The molecule has 0 saturated carbocycles. The molecule has 0 aliphatic carbocycles. The van der Waals surface area contributed by atoms with Gasteiger partial charge in [-0.3, -0.25) is 0 Å². The highest BCUT2D eigenvalue weighted by molar-refractivity contribution is 7.13. The quantitative estimate of drug-likeness (QED) is 0.872. The Bertz CT molecular complexity index is 489. The maximum atomic E-state index is 4.71. The first-order chi connectivity index (χ1) is 8.76. The summed E-state index contributed by atoms with van der Waals surface area (Å²) in [6, 6.07) is 0.308. The van der Waals surface area contributed by atoms with Crippen LogP contribution in [0.4, 0.5) is 0 Å². The van der Waals surface area contributed by atoms with Crippen LogP contribution < -0.4 is 5.32 Å². The molecule has 1 atom stereocenters. The van der Waals surface area contributed by atoms with E-state index in [-0.39, 0.29) is 0 Å². The lowest BCUT2D eigenvalue weighted by molar-refractivity contribution is 0.586. The molecule has 98 valence electrons. The molecule has 0 spiro atoms. The highest BCUT2D eigenvalue weighted by atomic mass is 32.1. The van der Waals surface area contributed by atoms with Crippen molar-refractivity contribution >= 4 is 11.3 Å². The lowest BCUT2D eigenvalue weighted by Gasteiger charge is -2.08. The maximum Gasteiger partial charge on any atom is 0.141 e. The number of hydrogen-bond acceptors (Lipinski definition) is 4. The van der Waals surface area contributed by atoms with Crippen molar-refractivity contribution in [2.24, 2.45) is 0 Å². The lowest BCUT2D eigenvalue weighted by atomic mass is 10.2. The minimum Gasteiger partial charge on any atom is -0.329 e. The minimum atomic E-state index is 0.308. The molecule has 0 aromatic carbocycles. The molecule has 1 unspecified atom stereocenters. The average Bonchev–Trinajstić information content (AvgIpc) is 2.97. The Kier molecular flexibility index (Phi) is 4.49. The third kappa shape index (κ3) is 2.79. The standard InChI is InChI=1S/C13H20N4S/c1-4-6-17-9-14-7-12(17)13-16-11(8-18-13)10(3)15-5-2/h7-10,15H,4-6H2,1-3H3. The molecule has 2 rings (SSSR count). The average molecular weight is 264 g/mol. The summed E-state index contributed by atoms with van der Waals surface area (Å²) in [5.41, 5.74) is 2.23. The van der Waals surface area contributed by atoms with E-state index in [1.54, 1.807) is 11.3 Å². The van der Waals surface area contributed by atoms with Gasteiger partial charge in [-0.2, -0.15) is 0 Å². The van der Waals surface area contributed by atoms with Crippen molar-refractivity contribution in [2.45, 2.75) is 39.8 Å². The van der Waals surface area contributed by atoms with Crippen LogP contribution in [0.2, 0.25) is 0 Å². The zero-order valence-electron chi connectivity index (χ0n) is 11.2. The molecule has 0 amide bonds. The normalized spacial score (nSPS) is 12.8. The summed E-state index contributed by atoms with van der Waals surface area (Å²) < 4.78 is 2.17. The largest absolute Gasteiger partial charge is 0.329 e. The first-order valence-corrected chi connectivity index (χ1v) is 7.33. The minimum absolute atomic E-state index is 0.308. The molecular formula is C13H20N4S. The molecule has 0 aliphatic rings. The van der Waals surface area contributed by atoms with Crippen molar-refractivity contribution in [3.05, 3.63) is 23.6 Å². The predicted octanol–water partition coefficient (Wildman–Crippen LogP) is 3.09. The van der Waals surface area contributed by atoms with Crippen LogP contribution >= 0.6 is 11.3 Å². The summed E-state index contributed by atoms with van der Waals surface area (Å²) in [7, 11) is 0. The highest BCUT2D eigenvalue weighted by Gasteiger charge is 2.12. The van der Waals surface area contributed by atoms with Gasteiger partial charge in [-0.05, 0) is 19.9 Å². The molecule has 0 aliphatic heterocycles. The molecular weight excluding hydrogens is 244 g/mol. The van der Waals surface area contributed by atoms with E-state index in [2.05, 4.69) is 41.0 Å². The van der Waals surface area contributed by atoms with Gasteiger partial charge < -0.3 is 9.88 Å². The van der Waals surface area contributed by atoms with Crippen molar-refractivity contribution < 1.29 is 0 Å². The van der Waals surface area contributed by atoms with Gasteiger partial charge in [0.15, 0.2) is 0 Å². The summed E-state index contributed by atoms with van der Waals surface area (Å²) in [6.45, 7) is 8.38. The lowest BCUT2D eigenvalue weighted by Crippen LogP contribution is -2.17. The summed E-state index contributed by atoms with van der Waals surface area (Å²) in [4.78, 5) is 8.93. The van der Waals surface area contributed by atoms with E-state index < -0.39 is 0 Å². The molecule has 0 saturated heterocycles. The summed E-state index contributed by atoms with van der Waals surface area (Å²) >= 11 is 1.69. The van der Waals surface area contributed by atoms with Crippen LogP contribution in [0, 0.1) is 0 Å². The zero-order chi connectivity index (χ0) is 13.0. The van der Waals surface area contributed by atoms with Gasteiger partial charge in [-0.25, -0.2) is 9.97 Å². The molecule has 5 heteroatoms. The van der Waals surface area contributed by atoms with Gasteiger partial charge in [0.25, 0.3) is 0 Å². The zero-order valence-corrected chi connectivity index (χ0v) is 12.0. The fraction of sp³-hybridized carbons (Fsp3) is 0.538. The van der Waals surface area contributed by atoms with E-state index in [0.29, 0.717) is 6.04 Å². The molecule has 2 aromatic rings. The van der Waals surface area contributed by atoms with E-state index in [4.69, 9.17) is 4.98 Å². The molecule has 2 aromatic heterocycles. The fourth-order valence-electron chi connectivity index (χ4n) is 1.93. The van der Waals surface area contributed by atoms with E-state index in [9.17, 15) is 0 Å². The van der Waals surface area contributed by atoms with Crippen molar-refractivity contribution in [2.75, 3.05) is 6.54 Å². The molecule has 18 heavy (non-hydrogen) atoms. The number of nitrogens with zero attached hydrogens (tertiary/aromatic N) is 3. The van der Waals surface area contributed by atoms with Crippen LogP contribution in [0.3, 0.4) is 0 Å². The first kappa shape index (κ1) is 13.2. The topological polar surface area (TPSA) is 42.7 Å². The Labute approximate surface area is 112 Å². The van der Waals surface area contributed by atoms with Gasteiger partial charge >= 0.3 is 0 Å². The Morgan fingerprint density at radius 1 is 1.44 bits per heavy atom. The van der Waals surface area contributed by atoms with Gasteiger partial charge in [0.1, 0.15) is 5.01 Å². The van der Waals surface area contributed by atoms with Crippen molar-refractivity contribution in [3.63, 3.8) is 0 Å². The van der Waals surface area contributed by atoms with Crippen LogP contribution in [0.5, 0.6) is 0 Å². The fourth-order valence-corrected chi connectivity index (χ4v) is 2.87. The number of rotatable bonds is 6. The Hall–Kier alpha value is -1.20. The second kappa shape index (κ2) is 6.11. The molecule has 2 heterocycles. The first-order valence-electron chi connectivity index (χ1n) is 6.45. The molecule has 0 bridgehead atoms. The van der Waals surface area contributed by atoms with Gasteiger partial charge in [-0.1, -0.05) is 13.8 Å². The van der Waals surface area contributed by atoms with E-state index in [0.717, 1.165) is 35.9 Å². The van der Waals surface area contributed by atoms with Gasteiger partial charge in [0.05, 0.1) is 23.9 Å². The monoisotopic (exact) mass is 264 g/mol. The van der Waals surface area contributed by atoms with E-state index in [1.165, 1.54) is 0 Å². The Balaban J connectivity index is 2.21. The molecule has 1 N–H and O–H groups in total. The number of aromatic nitrogens is 3. The second-order valence-corrected chi connectivity index (χ2v) is 5.19. The van der Waals surface area contributed by atoms with E-state index in [1.807, 2.05) is 12.5 Å². The van der Waals surface area contributed by atoms with E-state index >= 15 is 0 Å². The number of nitrogens with one attached hydrogen (secondary N) is 1. The van der Waals surface area contributed by atoms with Crippen LogP contribution in [0.15, 0.2) is 17.9 Å². The number of imidazole rings is 1. The number of hydrogen-bond donors (Lipinski definition) is 1. The SMILES string of the molecule is CCCn1cncc1-c1nc(C(C)NCC)cs1. The maximum absolute atomic E-state index is 4.71. The Morgan fingerprint density at radius 2 is 2.28 bits per heavy atom.